The van der Waals surface area contributed by atoms with E-state index in [1.54, 1.807) is 19.2 Å². The first-order chi connectivity index (χ1) is 13.6. The quantitative estimate of drug-likeness (QED) is 0.511. The highest BCUT2D eigenvalue weighted by Crippen LogP contribution is 2.32. The molecule has 8 heteroatoms. The zero-order valence-corrected chi connectivity index (χ0v) is 17.4. The van der Waals surface area contributed by atoms with E-state index in [0.717, 1.165) is 40.3 Å². The van der Waals surface area contributed by atoms with Crippen molar-refractivity contribution in [2.75, 3.05) is 20.1 Å². The third kappa shape index (κ3) is 3.39. The number of nitrogens with zero attached hydrogens (tertiary/aromatic N) is 2. The summed E-state index contributed by atoms with van der Waals surface area (Å²) in [4.78, 5) is 17.2. The highest BCUT2D eigenvalue weighted by molar-refractivity contribution is 7.23. The van der Waals surface area contributed by atoms with Crippen LogP contribution in [0.15, 0.2) is 42.6 Å². The number of nitrogens with one attached hydrogen (secondary N) is 2. The summed E-state index contributed by atoms with van der Waals surface area (Å²) in [5.41, 5.74) is 3.75. The van der Waals surface area contributed by atoms with E-state index in [2.05, 4.69) is 15.6 Å². The molecular weight excluding hydrogens is 411 g/mol. The first-order valence-electron chi connectivity index (χ1n) is 9.28. The number of carbonyl (C=O) groups is 1. The van der Waals surface area contributed by atoms with Gasteiger partial charge in [0, 0.05) is 30.9 Å². The minimum absolute atomic E-state index is 0. The molecule has 1 unspecified atom stereocenters. The van der Waals surface area contributed by atoms with Gasteiger partial charge in [0.25, 0.3) is 5.91 Å². The van der Waals surface area contributed by atoms with Crippen LogP contribution in [0.4, 0.5) is 4.39 Å². The van der Waals surface area contributed by atoms with Crippen LogP contribution in [-0.2, 0) is 0 Å². The number of carbonyl (C=O) groups excluding carboxylic acids is 1. The Labute approximate surface area is 177 Å². The Morgan fingerprint density at radius 3 is 2.90 bits per heavy atom. The van der Waals surface area contributed by atoms with Crippen LogP contribution in [0.25, 0.3) is 26.4 Å². The first-order valence-corrected chi connectivity index (χ1v) is 10.1. The van der Waals surface area contributed by atoms with Gasteiger partial charge in [-0.25, -0.2) is 9.37 Å². The van der Waals surface area contributed by atoms with Gasteiger partial charge in [0.05, 0.1) is 15.9 Å². The fourth-order valence-corrected chi connectivity index (χ4v) is 4.90. The molecule has 1 aliphatic heterocycles. The van der Waals surface area contributed by atoms with Crippen molar-refractivity contribution in [3.63, 3.8) is 0 Å². The number of fused-ring (bicyclic) bond motifs is 3. The summed E-state index contributed by atoms with van der Waals surface area (Å²) in [6.45, 7) is 1.89. The second kappa shape index (κ2) is 7.74. The molecule has 2 N–H and O–H groups in total. The van der Waals surface area contributed by atoms with Gasteiger partial charge in [-0.15, -0.1) is 12.4 Å². The van der Waals surface area contributed by atoms with Gasteiger partial charge in [-0.1, -0.05) is 17.4 Å². The van der Waals surface area contributed by atoms with Crippen molar-refractivity contribution in [3.8, 4) is 11.3 Å². The lowest BCUT2D eigenvalue weighted by atomic mass is 9.96. The predicted molar refractivity (Wildman–Crippen MR) is 117 cm³/mol. The van der Waals surface area contributed by atoms with Gasteiger partial charge in [-0.3, -0.25) is 9.20 Å². The molecule has 0 aliphatic carbocycles. The van der Waals surface area contributed by atoms with Crippen LogP contribution in [0.3, 0.4) is 0 Å². The molecule has 4 aromatic rings. The molecule has 2 aromatic heterocycles. The van der Waals surface area contributed by atoms with Crippen LogP contribution < -0.4 is 10.6 Å². The molecule has 29 heavy (non-hydrogen) atoms. The molecule has 1 saturated heterocycles. The van der Waals surface area contributed by atoms with Gasteiger partial charge < -0.3 is 10.6 Å². The average molecular weight is 431 g/mol. The molecule has 5 rings (SSSR count). The molecular formula is C21H20ClFN4OS. The van der Waals surface area contributed by atoms with E-state index in [0.29, 0.717) is 22.7 Å². The lowest BCUT2D eigenvalue weighted by molar-refractivity contribution is 0.0963. The molecule has 5 nitrogen and oxygen atoms in total. The van der Waals surface area contributed by atoms with E-state index in [1.165, 1.54) is 11.3 Å². The Kier molecular flexibility index (Phi) is 5.29. The highest BCUT2D eigenvalue weighted by atomic mass is 35.5. The summed E-state index contributed by atoms with van der Waals surface area (Å²) < 4.78 is 17.7. The molecule has 1 aliphatic rings. The Balaban J connectivity index is 0.00000205. The molecule has 0 spiro atoms. The Morgan fingerprint density at radius 2 is 2.17 bits per heavy atom. The van der Waals surface area contributed by atoms with Crippen molar-refractivity contribution >= 4 is 44.8 Å². The zero-order valence-electron chi connectivity index (χ0n) is 15.7. The van der Waals surface area contributed by atoms with Gasteiger partial charge in [-0.2, -0.15) is 0 Å². The van der Waals surface area contributed by atoms with E-state index >= 15 is 0 Å². The number of aromatic nitrogens is 2. The van der Waals surface area contributed by atoms with Crippen molar-refractivity contribution in [2.24, 2.45) is 0 Å². The molecule has 1 amide bonds. The van der Waals surface area contributed by atoms with Crippen LogP contribution in [0.1, 0.15) is 28.3 Å². The van der Waals surface area contributed by atoms with E-state index in [9.17, 15) is 9.18 Å². The number of rotatable bonds is 3. The third-order valence-electron chi connectivity index (χ3n) is 5.38. The van der Waals surface area contributed by atoms with E-state index in [1.807, 2.05) is 34.9 Å². The van der Waals surface area contributed by atoms with E-state index < -0.39 is 0 Å². The lowest BCUT2D eigenvalue weighted by Crippen LogP contribution is -2.17. The topological polar surface area (TPSA) is 58.4 Å². The molecule has 0 bridgehead atoms. The SMILES string of the molecule is CNC(=O)c1ccc2c(c1)sc1nc(-c3ccc(C4CCNC4)cc3F)cn12.Cl. The number of imidazole rings is 1. The number of thiazole rings is 1. The fourth-order valence-electron chi connectivity index (χ4n) is 3.85. The molecule has 3 heterocycles. The Hall–Kier alpha value is -2.48. The van der Waals surface area contributed by atoms with Crippen molar-refractivity contribution in [2.45, 2.75) is 12.3 Å². The standard InChI is InChI=1S/C21H19FN4OS.ClH/c1-23-20(27)13-3-5-18-19(9-13)28-21-25-17(11-26(18)21)15-4-2-12(8-16(15)22)14-6-7-24-10-14;/h2-5,8-9,11,14,24H,6-7,10H2,1H3,(H,23,27);1H. The second-order valence-corrected chi connectivity index (χ2v) is 8.08. The van der Waals surface area contributed by atoms with Crippen LogP contribution >= 0.6 is 23.7 Å². The number of hydrogen-bond acceptors (Lipinski definition) is 4. The monoisotopic (exact) mass is 430 g/mol. The third-order valence-corrected chi connectivity index (χ3v) is 6.40. The van der Waals surface area contributed by atoms with Gasteiger partial charge in [0.15, 0.2) is 4.96 Å². The van der Waals surface area contributed by atoms with E-state index in [-0.39, 0.29) is 24.1 Å². The second-order valence-electron chi connectivity index (χ2n) is 7.07. The minimum atomic E-state index is -0.235. The summed E-state index contributed by atoms with van der Waals surface area (Å²) in [6, 6.07) is 11.0. The Morgan fingerprint density at radius 1 is 1.31 bits per heavy atom. The summed E-state index contributed by atoms with van der Waals surface area (Å²) in [5.74, 6) is 0.0297. The zero-order chi connectivity index (χ0) is 19.3. The average Bonchev–Trinajstić information content (AvgIpc) is 3.42. The highest BCUT2D eigenvalue weighted by Gasteiger charge is 2.19. The fraction of sp³-hybridized carbons (Fsp3) is 0.238. The molecule has 1 fully saturated rings. The summed E-state index contributed by atoms with van der Waals surface area (Å²) >= 11 is 1.49. The van der Waals surface area contributed by atoms with E-state index in [4.69, 9.17) is 0 Å². The minimum Gasteiger partial charge on any atom is -0.355 e. The molecule has 1 atom stereocenters. The number of hydrogen-bond donors (Lipinski definition) is 2. The lowest BCUT2D eigenvalue weighted by Gasteiger charge is -2.10. The van der Waals surface area contributed by atoms with Crippen molar-refractivity contribution in [3.05, 3.63) is 59.5 Å². The summed E-state index contributed by atoms with van der Waals surface area (Å²) in [7, 11) is 1.61. The maximum Gasteiger partial charge on any atom is 0.251 e. The molecule has 150 valence electrons. The first kappa shape index (κ1) is 19.8. The van der Waals surface area contributed by atoms with Crippen LogP contribution in [-0.4, -0.2) is 35.4 Å². The summed E-state index contributed by atoms with van der Waals surface area (Å²) in [5, 5.41) is 5.95. The molecule has 0 saturated carbocycles. The van der Waals surface area contributed by atoms with Gasteiger partial charge in [0.2, 0.25) is 0 Å². The Bertz CT molecular complexity index is 1210. The summed E-state index contributed by atoms with van der Waals surface area (Å²) in [6.07, 6.45) is 2.91. The van der Waals surface area contributed by atoms with Crippen LogP contribution in [0.5, 0.6) is 0 Å². The maximum absolute atomic E-state index is 14.8. The van der Waals surface area contributed by atoms with Gasteiger partial charge >= 0.3 is 0 Å². The number of amides is 1. The molecule has 2 aromatic carbocycles. The normalized spacial score (nSPS) is 16.3. The van der Waals surface area contributed by atoms with Gasteiger partial charge in [0.1, 0.15) is 5.82 Å². The number of benzene rings is 2. The smallest absolute Gasteiger partial charge is 0.251 e. The van der Waals surface area contributed by atoms with Crippen molar-refractivity contribution < 1.29 is 9.18 Å². The predicted octanol–water partition coefficient (Wildman–Crippen LogP) is 4.21. The van der Waals surface area contributed by atoms with Crippen LogP contribution in [0.2, 0.25) is 0 Å². The maximum atomic E-state index is 14.8. The number of halogens is 2. The van der Waals surface area contributed by atoms with Crippen molar-refractivity contribution in [1.82, 2.24) is 20.0 Å². The van der Waals surface area contributed by atoms with Crippen molar-refractivity contribution in [1.29, 1.82) is 0 Å². The molecule has 0 radical (unpaired) electrons. The van der Waals surface area contributed by atoms with Crippen LogP contribution in [0, 0.1) is 5.82 Å². The largest absolute Gasteiger partial charge is 0.355 e. The van der Waals surface area contributed by atoms with Gasteiger partial charge in [-0.05, 0) is 54.8 Å².